The van der Waals surface area contributed by atoms with Crippen molar-refractivity contribution < 1.29 is 9.90 Å². The summed E-state index contributed by atoms with van der Waals surface area (Å²) in [4.78, 5) is 20.7. The average molecular weight is 288 g/mol. The van der Waals surface area contributed by atoms with Crippen LogP contribution < -0.4 is 5.32 Å². The lowest BCUT2D eigenvalue weighted by atomic mass is 10.2. The van der Waals surface area contributed by atoms with E-state index in [1.165, 1.54) is 5.56 Å². The number of aliphatic carboxylic acids is 1. The third kappa shape index (κ3) is 3.59. The van der Waals surface area contributed by atoms with Gasteiger partial charge in [0.1, 0.15) is 5.82 Å². The molecule has 1 aliphatic rings. The highest BCUT2D eigenvalue weighted by molar-refractivity contribution is 5.76. The second kappa shape index (κ2) is 6.24. The number of aryl methyl sites for hydroxylation is 1. The number of H-pyrrole nitrogens is 1. The van der Waals surface area contributed by atoms with Crippen molar-refractivity contribution in [2.75, 3.05) is 26.2 Å². The van der Waals surface area contributed by atoms with Crippen molar-refractivity contribution in [2.45, 2.75) is 19.4 Å². The number of fused-ring (bicyclic) bond motifs is 1. The summed E-state index contributed by atoms with van der Waals surface area (Å²) < 4.78 is 0. The molecule has 0 amide bonds. The molecule has 1 fully saturated rings. The highest BCUT2D eigenvalue weighted by atomic mass is 16.4. The number of imidazole rings is 1. The number of nitrogens with one attached hydrogen (secondary N) is 2. The van der Waals surface area contributed by atoms with Gasteiger partial charge in [0, 0.05) is 39.1 Å². The van der Waals surface area contributed by atoms with E-state index in [0.717, 1.165) is 49.6 Å². The predicted molar refractivity (Wildman–Crippen MR) is 80.2 cm³/mol. The van der Waals surface area contributed by atoms with E-state index in [-0.39, 0.29) is 6.42 Å². The zero-order valence-electron chi connectivity index (χ0n) is 11.9. The molecular formula is C15H20N4O2. The predicted octanol–water partition coefficient (Wildman–Crippen LogP) is 0.985. The largest absolute Gasteiger partial charge is 0.481 e. The van der Waals surface area contributed by atoms with Crippen LogP contribution in [-0.4, -0.2) is 52.1 Å². The molecule has 1 aromatic carbocycles. The Labute approximate surface area is 123 Å². The third-order valence-electron chi connectivity index (χ3n) is 3.79. The van der Waals surface area contributed by atoms with Crippen LogP contribution in [0.25, 0.3) is 11.0 Å². The van der Waals surface area contributed by atoms with Gasteiger partial charge in [-0.25, -0.2) is 4.98 Å². The molecule has 1 aliphatic heterocycles. The number of carboxylic acids is 1. The standard InChI is InChI=1S/C15H20N4O2/c20-15(21)4-3-14-17-12-2-1-11(9-13(12)18-14)10-19-7-5-16-6-8-19/h1-2,9,16H,3-8,10H2,(H,17,18)(H,20,21). The number of benzene rings is 1. The summed E-state index contributed by atoms with van der Waals surface area (Å²) in [5.41, 5.74) is 3.15. The first-order chi connectivity index (χ1) is 10.2. The molecular weight excluding hydrogens is 268 g/mol. The number of carbonyl (C=O) groups is 1. The molecule has 3 N–H and O–H groups in total. The average Bonchev–Trinajstić information content (AvgIpc) is 2.88. The maximum Gasteiger partial charge on any atom is 0.303 e. The van der Waals surface area contributed by atoms with E-state index in [9.17, 15) is 4.79 Å². The number of nitrogens with zero attached hydrogens (tertiary/aromatic N) is 2. The first kappa shape index (κ1) is 14.0. The van der Waals surface area contributed by atoms with Gasteiger partial charge in [-0.3, -0.25) is 9.69 Å². The van der Waals surface area contributed by atoms with Crippen molar-refractivity contribution in [2.24, 2.45) is 0 Å². The molecule has 0 aliphatic carbocycles. The fourth-order valence-corrected chi connectivity index (χ4v) is 2.68. The molecule has 2 aromatic rings. The Hall–Kier alpha value is -1.92. The van der Waals surface area contributed by atoms with E-state index in [1.807, 2.05) is 6.07 Å². The number of hydrogen-bond donors (Lipinski definition) is 3. The smallest absolute Gasteiger partial charge is 0.303 e. The van der Waals surface area contributed by atoms with Gasteiger partial charge in [-0.2, -0.15) is 0 Å². The molecule has 6 heteroatoms. The number of aromatic amines is 1. The van der Waals surface area contributed by atoms with Crippen LogP contribution in [0.2, 0.25) is 0 Å². The molecule has 2 heterocycles. The molecule has 0 unspecified atom stereocenters. The van der Waals surface area contributed by atoms with Gasteiger partial charge in [-0.05, 0) is 17.7 Å². The Bertz CT molecular complexity index is 632. The summed E-state index contributed by atoms with van der Waals surface area (Å²) in [6.45, 7) is 5.19. The van der Waals surface area contributed by atoms with E-state index < -0.39 is 5.97 Å². The van der Waals surface area contributed by atoms with Crippen molar-refractivity contribution >= 4 is 17.0 Å². The monoisotopic (exact) mass is 288 g/mol. The Morgan fingerprint density at radius 2 is 2.14 bits per heavy atom. The Morgan fingerprint density at radius 3 is 2.90 bits per heavy atom. The van der Waals surface area contributed by atoms with Crippen LogP contribution in [0.3, 0.4) is 0 Å². The highest BCUT2D eigenvalue weighted by Crippen LogP contribution is 2.16. The van der Waals surface area contributed by atoms with Crippen LogP contribution in [0.15, 0.2) is 18.2 Å². The lowest BCUT2D eigenvalue weighted by molar-refractivity contribution is -0.137. The second-order valence-corrected chi connectivity index (χ2v) is 5.45. The Morgan fingerprint density at radius 1 is 1.33 bits per heavy atom. The normalized spacial score (nSPS) is 16.4. The number of hydrogen-bond acceptors (Lipinski definition) is 4. The summed E-state index contributed by atoms with van der Waals surface area (Å²) in [6, 6.07) is 6.23. The zero-order chi connectivity index (χ0) is 14.7. The summed E-state index contributed by atoms with van der Waals surface area (Å²) in [7, 11) is 0. The highest BCUT2D eigenvalue weighted by Gasteiger charge is 2.11. The topological polar surface area (TPSA) is 81.2 Å². The summed E-state index contributed by atoms with van der Waals surface area (Å²) >= 11 is 0. The molecule has 0 saturated carbocycles. The van der Waals surface area contributed by atoms with E-state index in [4.69, 9.17) is 5.11 Å². The lowest BCUT2D eigenvalue weighted by Gasteiger charge is -2.27. The van der Waals surface area contributed by atoms with Gasteiger partial charge in [-0.1, -0.05) is 6.07 Å². The van der Waals surface area contributed by atoms with Gasteiger partial charge in [0.15, 0.2) is 0 Å². The van der Waals surface area contributed by atoms with Crippen molar-refractivity contribution in [3.8, 4) is 0 Å². The summed E-state index contributed by atoms with van der Waals surface area (Å²) in [6.07, 6.45) is 0.546. The fraction of sp³-hybridized carbons (Fsp3) is 0.467. The minimum Gasteiger partial charge on any atom is -0.481 e. The van der Waals surface area contributed by atoms with Crippen molar-refractivity contribution in [3.63, 3.8) is 0 Å². The second-order valence-electron chi connectivity index (χ2n) is 5.45. The molecule has 0 atom stereocenters. The molecule has 1 saturated heterocycles. The van der Waals surface area contributed by atoms with Gasteiger partial charge in [0.25, 0.3) is 0 Å². The molecule has 1 aromatic heterocycles. The number of carboxylic acid groups (broad SMARTS) is 1. The molecule has 0 spiro atoms. The molecule has 112 valence electrons. The van der Waals surface area contributed by atoms with Crippen LogP contribution in [0.1, 0.15) is 17.8 Å². The molecule has 0 bridgehead atoms. The zero-order valence-corrected chi connectivity index (χ0v) is 11.9. The van der Waals surface area contributed by atoms with Crippen molar-refractivity contribution in [1.29, 1.82) is 0 Å². The van der Waals surface area contributed by atoms with E-state index >= 15 is 0 Å². The Kier molecular flexibility index (Phi) is 4.17. The van der Waals surface area contributed by atoms with Gasteiger partial charge >= 0.3 is 5.97 Å². The summed E-state index contributed by atoms with van der Waals surface area (Å²) in [5.74, 6) is -0.0541. The minimum absolute atomic E-state index is 0.105. The van der Waals surface area contributed by atoms with Gasteiger partial charge in [0.05, 0.1) is 17.5 Å². The van der Waals surface area contributed by atoms with E-state index in [1.54, 1.807) is 0 Å². The van der Waals surface area contributed by atoms with Crippen LogP contribution in [0.5, 0.6) is 0 Å². The molecule has 6 nitrogen and oxygen atoms in total. The summed E-state index contributed by atoms with van der Waals surface area (Å²) in [5, 5.41) is 12.1. The fourth-order valence-electron chi connectivity index (χ4n) is 2.68. The maximum absolute atomic E-state index is 10.6. The van der Waals surface area contributed by atoms with Crippen LogP contribution in [0, 0.1) is 0 Å². The van der Waals surface area contributed by atoms with Gasteiger partial charge in [0.2, 0.25) is 0 Å². The van der Waals surface area contributed by atoms with Gasteiger partial charge < -0.3 is 15.4 Å². The molecule has 0 radical (unpaired) electrons. The van der Waals surface area contributed by atoms with Crippen LogP contribution >= 0.6 is 0 Å². The molecule has 21 heavy (non-hydrogen) atoms. The van der Waals surface area contributed by atoms with Crippen LogP contribution in [0.4, 0.5) is 0 Å². The first-order valence-corrected chi connectivity index (χ1v) is 7.33. The first-order valence-electron chi connectivity index (χ1n) is 7.33. The minimum atomic E-state index is -0.796. The maximum atomic E-state index is 10.6. The third-order valence-corrected chi connectivity index (χ3v) is 3.79. The number of rotatable bonds is 5. The van der Waals surface area contributed by atoms with E-state index in [0.29, 0.717) is 6.42 Å². The quantitative estimate of drug-likeness (QED) is 0.764. The lowest BCUT2D eigenvalue weighted by Crippen LogP contribution is -2.42. The van der Waals surface area contributed by atoms with Crippen molar-refractivity contribution in [1.82, 2.24) is 20.2 Å². The Balaban J connectivity index is 1.71. The number of piperazine rings is 1. The SMILES string of the molecule is O=C(O)CCc1nc2ccc(CN3CCNCC3)cc2[nH]1. The molecule has 3 rings (SSSR count). The number of aromatic nitrogens is 2. The van der Waals surface area contributed by atoms with Crippen molar-refractivity contribution in [3.05, 3.63) is 29.6 Å². The van der Waals surface area contributed by atoms with Crippen LogP contribution in [-0.2, 0) is 17.8 Å². The van der Waals surface area contributed by atoms with E-state index in [2.05, 4.69) is 32.3 Å². The van der Waals surface area contributed by atoms with Gasteiger partial charge in [-0.15, -0.1) is 0 Å².